The van der Waals surface area contributed by atoms with Crippen molar-refractivity contribution in [3.63, 3.8) is 0 Å². The van der Waals surface area contributed by atoms with Gasteiger partial charge < -0.3 is 5.32 Å². The summed E-state index contributed by atoms with van der Waals surface area (Å²) in [6.07, 6.45) is 4.05. The molecule has 1 unspecified atom stereocenters. The molecule has 2 rings (SSSR count). The average Bonchev–Trinajstić information content (AvgIpc) is 2.33. The third kappa shape index (κ3) is 3.69. The lowest BCUT2D eigenvalue weighted by Gasteiger charge is -2.23. The zero-order chi connectivity index (χ0) is 11.2. The molecule has 88 valence electrons. The number of piperidine rings is 1. The van der Waals surface area contributed by atoms with Crippen LogP contribution in [0.25, 0.3) is 0 Å². The Bertz CT molecular complexity index is 323. The van der Waals surface area contributed by atoms with Crippen LogP contribution in [0.4, 0.5) is 0 Å². The molecule has 1 aliphatic heterocycles. The molecular weight excluding hydrogens is 238 g/mol. The second-order valence-corrected chi connectivity index (χ2v) is 5.69. The third-order valence-corrected chi connectivity index (χ3v) is 4.47. The van der Waals surface area contributed by atoms with E-state index in [-0.39, 0.29) is 0 Å². The van der Waals surface area contributed by atoms with Gasteiger partial charge in [-0.15, -0.1) is 0 Å². The zero-order valence-corrected chi connectivity index (χ0v) is 11.0. The van der Waals surface area contributed by atoms with E-state index in [0.29, 0.717) is 6.04 Å². The lowest BCUT2D eigenvalue weighted by Crippen LogP contribution is -2.35. The molecule has 1 saturated heterocycles. The first-order chi connectivity index (χ1) is 7.86. The molecule has 1 fully saturated rings. The molecule has 1 aliphatic rings. The van der Waals surface area contributed by atoms with E-state index in [1.807, 2.05) is 23.9 Å². The Kier molecular flexibility index (Phi) is 5.01. The Hall–Kier alpha value is -0.180. The molecule has 1 N–H and O–H groups in total. The molecule has 0 spiro atoms. The fraction of sp³-hybridized carbons (Fsp3) is 0.538. The van der Waals surface area contributed by atoms with Gasteiger partial charge in [-0.2, -0.15) is 11.8 Å². The maximum Gasteiger partial charge on any atom is 0.0446 e. The lowest BCUT2D eigenvalue weighted by molar-refractivity contribution is 0.430. The maximum absolute atomic E-state index is 6.12. The summed E-state index contributed by atoms with van der Waals surface area (Å²) in [6.45, 7) is 1.19. The van der Waals surface area contributed by atoms with Crippen LogP contribution in [0.2, 0.25) is 5.02 Å². The summed E-state index contributed by atoms with van der Waals surface area (Å²) in [5, 5.41) is 4.46. The normalized spacial score (nSPS) is 20.9. The molecule has 0 radical (unpaired) electrons. The lowest BCUT2D eigenvalue weighted by atomic mass is 10.1. The van der Waals surface area contributed by atoms with E-state index in [4.69, 9.17) is 11.6 Å². The summed E-state index contributed by atoms with van der Waals surface area (Å²) in [7, 11) is 0. The van der Waals surface area contributed by atoms with Crippen LogP contribution in [0.3, 0.4) is 0 Å². The standard InChI is InChI=1S/C13H18ClNS/c14-13-7-2-1-5-11(13)9-16-10-12-6-3-4-8-15-12/h1-2,5,7,12,15H,3-4,6,8-10H2. The fourth-order valence-electron chi connectivity index (χ4n) is 1.99. The van der Waals surface area contributed by atoms with Gasteiger partial charge >= 0.3 is 0 Å². The van der Waals surface area contributed by atoms with Gasteiger partial charge in [0.15, 0.2) is 0 Å². The van der Waals surface area contributed by atoms with Crippen molar-refractivity contribution in [2.45, 2.75) is 31.1 Å². The molecule has 1 heterocycles. The van der Waals surface area contributed by atoms with Crippen molar-refractivity contribution in [3.05, 3.63) is 34.9 Å². The molecule has 16 heavy (non-hydrogen) atoms. The van der Waals surface area contributed by atoms with Crippen molar-refractivity contribution in [1.82, 2.24) is 5.32 Å². The van der Waals surface area contributed by atoms with Gasteiger partial charge in [-0.25, -0.2) is 0 Å². The predicted molar refractivity (Wildman–Crippen MR) is 73.3 cm³/mol. The van der Waals surface area contributed by atoms with Gasteiger partial charge in [0.05, 0.1) is 0 Å². The van der Waals surface area contributed by atoms with Gasteiger partial charge in [0, 0.05) is 22.6 Å². The smallest absolute Gasteiger partial charge is 0.0446 e. The summed E-state index contributed by atoms with van der Waals surface area (Å²) in [5.74, 6) is 2.23. The summed E-state index contributed by atoms with van der Waals surface area (Å²) in [4.78, 5) is 0. The molecule has 1 nitrogen and oxygen atoms in total. The van der Waals surface area contributed by atoms with Gasteiger partial charge in [0.1, 0.15) is 0 Å². The Morgan fingerprint density at radius 1 is 1.31 bits per heavy atom. The van der Waals surface area contributed by atoms with Gasteiger partial charge in [-0.1, -0.05) is 36.2 Å². The minimum Gasteiger partial charge on any atom is -0.313 e. The monoisotopic (exact) mass is 255 g/mol. The van der Waals surface area contributed by atoms with E-state index in [9.17, 15) is 0 Å². The highest BCUT2D eigenvalue weighted by molar-refractivity contribution is 7.98. The molecule has 0 saturated carbocycles. The first-order valence-corrected chi connectivity index (χ1v) is 7.44. The van der Waals surface area contributed by atoms with Gasteiger partial charge in [-0.05, 0) is 31.0 Å². The fourth-order valence-corrected chi connectivity index (χ4v) is 3.43. The molecule has 0 aliphatic carbocycles. The van der Waals surface area contributed by atoms with Crippen molar-refractivity contribution in [2.75, 3.05) is 12.3 Å². The van der Waals surface area contributed by atoms with E-state index < -0.39 is 0 Å². The Morgan fingerprint density at radius 3 is 2.94 bits per heavy atom. The summed E-state index contributed by atoms with van der Waals surface area (Å²) in [5.41, 5.74) is 1.25. The van der Waals surface area contributed by atoms with Crippen molar-refractivity contribution >= 4 is 23.4 Å². The first kappa shape index (κ1) is 12.3. The van der Waals surface area contributed by atoms with Gasteiger partial charge in [0.25, 0.3) is 0 Å². The van der Waals surface area contributed by atoms with Crippen molar-refractivity contribution in [3.8, 4) is 0 Å². The highest BCUT2D eigenvalue weighted by Crippen LogP contribution is 2.22. The number of hydrogen-bond donors (Lipinski definition) is 1. The number of rotatable bonds is 4. The molecule has 0 bridgehead atoms. The third-order valence-electron chi connectivity index (χ3n) is 2.95. The second kappa shape index (κ2) is 6.53. The summed E-state index contributed by atoms with van der Waals surface area (Å²) in [6, 6.07) is 8.83. The summed E-state index contributed by atoms with van der Waals surface area (Å²) < 4.78 is 0. The SMILES string of the molecule is Clc1ccccc1CSCC1CCCCN1. The quantitative estimate of drug-likeness (QED) is 0.880. The minimum atomic E-state index is 0.709. The van der Waals surface area contributed by atoms with Crippen LogP contribution in [0.15, 0.2) is 24.3 Å². The molecule has 0 amide bonds. The number of benzene rings is 1. The molecule has 1 atom stereocenters. The van der Waals surface area contributed by atoms with Gasteiger partial charge in [0.2, 0.25) is 0 Å². The van der Waals surface area contributed by atoms with Crippen LogP contribution in [-0.4, -0.2) is 18.3 Å². The highest BCUT2D eigenvalue weighted by Gasteiger charge is 2.12. The van der Waals surface area contributed by atoms with Crippen molar-refractivity contribution < 1.29 is 0 Å². The predicted octanol–water partition coefficient (Wildman–Crippen LogP) is 3.72. The van der Waals surface area contributed by atoms with Crippen LogP contribution < -0.4 is 5.32 Å². The van der Waals surface area contributed by atoms with Crippen molar-refractivity contribution in [1.29, 1.82) is 0 Å². The number of nitrogens with one attached hydrogen (secondary N) is 1. The second-order valence-electron chi connectivity index (χ2n) is 4.25. The molecule has 3 heteroatoms. The average molecular weight is 256 g/mol. The largest absolute Gasteiger partial charge is 0.313 e. The highest BCUT2D eigenvalue weighted by atomic mass is 35.5. The van der Waals surface area contributed by atoms with E-state index in [1.54, 1.807) is 0 Å². The first-order valence-electron chi connectivity index (χ1n) is 5.91. The van der Waals surface area contributed by atoms with Crippen LogP contribution in [0.1, 0.15) is 24.8 Å². The van der Waals surface area contributed by atoms with E-state index >= 15 is 0 Å². The summed E-state index contributed by atoms with van der Waals surface area (Å²) >= 11 is 8.10. The molecule has 0 aromatic heterocycles. The van der Waals surface area contributed by atoms with Crippen LogP contribution in [-0.2, 0) is 5.75 Å². The molecular formula is C13H18ClNS. The Morgan fingerprint density at radius 2 is 2.19 bits per heavy atom. The number of halogens is 1. The van der Waals surface area contributed by atoms with E-state index in [0.717, 1.165) is 10.8 Å². The molecule has 1 aromatic carbocycles. The van der Waals surface area contributed by atoms with Crippen molar-refractivity contribution in [2.24, 2.45) is 0 Å². The number of hydrogen-bond acceptors (Lipinski definition) is 2. The molecule has 1 aromatic rings. The van der Waals surface area contributed by atoms with Crippen LogP contribution in [0, 0.1) is 0 Å². The van der Waals surface area contributed by atoms with E-state index in [1.165, 1.54) is 37.1 Å². The Labute approximate surface area is 107 Å². The topological polar surface area (TPSA) is 12.0 Å². The Balaban J connectivity index is 1.73. The van der Waals surface area contributed by atoms with Crippen LogP contribution in [0.5, 0.6) is 0 Å². The van der Waals surface area contributed by atoms with E-state index in [2.05, 4.69) is 17.4 Å². The van der Waals surface area contributed by atoms with Gasteiger partial charge in [-0.3, -0.25) is 0 Å². The zero-order valence-electron chi connectivity index (χ0n) is 9.42. The maximum atomic E-state index is 6.12. The van der Waals surface area contributed by atoms with Crippen LogP contribution >= 0.6 is 23.4 Å². The minimum absolute atomic E-state index is 0.709. The number of thioether (sulfide) groups is 1.